The lowest BCUT2D eigenvalue weighted by molar-refractivity contribution is -0.137. The molecule has 0 aromatic heterocycles. The Hall–Kier alpha value is -1.81. The quantitative estimate of drug-likeness (QED) is 0.686. The molecule has 0 bridgehead atoms. The van der Waals surface area contributed by atoms with E-state index in [2.05, 4.69) is 5.32 Å². The average Bonchev–Trinajstić information content (AvgIpc) is 2.84. The van der Waals surface area contributed by atoms with Crippen LogP contribution in [0.3, 0.4) is 0 Å². The first kappa shape index (κ1) is 14.6. The van der Waals surface area contributed by atoms with Crippen molar-refractivity contribution in [1.82, 2.24) is 5.32 Å². The third-order valence-corrected chi connectivity index (χ3v) is 3.36. The summed E-state index contributed by atoms with van der Waals surface area (Å²) in [5.74, 6) is -0.405. The maximum Gasteiger partial charge on any atom is 0.331 e. The first-order valence-electron chi connectivity index (χ1n) is 6.54. The molecule has 0 saturated carbocycles. The molecule has 2 rings (SSSR count). The van der Waals surface area contributed by atoms with E-state index >= 15 is 0 Å². The van der Waals surface area contributed by atoms with Gasteiger partial charge in [0.15, 0.2) is 0 Å². The van der Waals surface area contributed by atoms with Crippen LogP contribution < -0.4 is 5.32 Å². The minimum atomic E-state index is -0.404. The number of carbonyl (C=O) groups is 2. The monoisotopic (exact) mass is 293 g/mol. The van der Waals surface area contributed by atoms with Gasteiger partial charge in [0, 0.05) is 17.5 Å². The van der Waals surface area contributed by atoms with E-state index in [-0.39, 0.29) is 11.9 Å². The number of benzene rings is 1. The molecule has 1 aliphatic heterocycles. The van der Waals surface area contributed by atoms with Crippen LogP contribution >= 0.6 is 11.6 Å². The fourth-order valence-electron chi connectivity index (χ4n) is 2.19. The minimum Gasteiger partial charge on any atom is -0.463 e. The molecule has 0 radical (unpaired) electrons. The molecule has 20 heavy (non-hydrogen) atoms. The Bertz CT molecular complexity index is 537. The molecule has 1 aromatic carbocycles. The fourth-order valence-corrected chi connectivity index (χ4v) is 2.31. The first-order chi connectivity index (χ1) is 9.60. The predicted octanol–water partition coefficient (Wildman–Crippen LogP) is 2.57. The van der Waals surface area contributed by atoms with Crippen molar-refractivity contribution in [3.8, 4) is 0 Å². The molecule has 4 nitrogen and oxygen atoms in total. The van der Waals surface area contributed by atoms with E-state index in [1.54, 1.807) is 19.1 Å². The molecule has 1 saturated heterocycles. The largest absolute Gasteiger partial charge is 0.463 e. The summed E-state index contributed by atoms with van der Waals surface area (Å²) in [6.45, 7) is 2.07. The molecule has 1 heterocycles. The van der Waals surface area contributed by atoms with E-state index < -0.39 is 5.97 Å². The number of carbonyl (C=O) groups excluding carboxylic acids is 2. The van der Waals surface area contributed by atoms with Gasteiger partial charge in [0.2, 0.25) is 5.91 Å². The Morgan fingerprint density at radius 2 is 2.15 bits per heavy atom. The van der Waals surface area contributed by atoms with Crippen molar-refractivity contribution >= 4 is 29.1 Å². The van der Waals surface area contributed by atoms with Gasteiger partial charge in [0.05, 0.1) is 12.6 Å². The zero-order valence-corrected chi connectivity index (χ0v) is 11.9. The lowest BCUT2D eigenvalue weighted by atomic mass is 9.97. The zero-order chi connectivity index (χ0) is 14.5. The van der Waals surface area contributed by atoms with Crippen molar-refractivity contribution in [3.05, 3.63) is 40.9 Å². The first-order valence-corrected chi connectivity index (χ1v) is 6.91. The third-order valence-electron chi connectivity index (χ3n) is 3.11. The molecule has 1 atom stereocenters. The van der Waals surface area contributed by atoms with Crippen LogP contribution in [0.15, 0.2) is 30.3 Å². The molecule has 106 valence electrons. The summed E-state index contributed by atoms with van der Waals surface area (Å²) in [6, 6.07) is 7.02. The molecule has 1 amide bonds. The number of rotatable bonds is 4. The number of ether oxygens (including phenoxy) is 1. The number of hydrogen-bond donors (Lipinski definition) is 1. The molecular weight excluding hydrogens is 278 g/mol. The van der Waals surface area contributed by atoms with Crippen molar-refractivity contribution in [1.29, 1.82) is 0 Å². The van der Waals surface area contributed by atoms with Crippen LogP contribution in [0.5, 0.6) is 0 Å². The van der Waals surface area contributed by atoms with Crippen LogP contribution in [0.25, 0.3) is 5.57 Å². The van der Waals surface area contributed by atoms with E-state index in [4.69, 9.17) is 16.3 Å². The summed E-state index contributed by atoms with van der Waals surface area (Å²) in [7, 11) is 0. The van der Waals surface area contributed by atoms with Gasteiger partial charge in [-0.1, -0.05) is 23.7 Å². The van der Waals surface area contributed by atoms with Gasteiger partial charge in [-0.25, -0.2) is 4.79 Å². The minimum absolute atomic E-state index is 0.00118. The average molecular weight is 294 g/mol. The number of hydrogen-bond acceptors (Lipinski definition) is 3. The van der Waals surface area contributed by atoms with Crippen LogP contribution in [-0.2, 0) is 14.3 Å². The van der Waals surface area contributed by atoms with Crippen LogP contribution in [0.1, 0.15) is 25.3 Å². The Labute approximate surface area is 122 Å². The lowest BCUT2D eigenvalue weighted by Gasteiger charge is -2.15. The zero-order valence-electron chi connectivity index (χ0n) is 11.2. The van der Waals surface area contributed by atoms with Crippen LogP contribution in [0, 0.1) is 0 Å². The Morgan fingerprint density at radius 3 is 2.70 bits per heavy atom. The van der Waals surface area contributed by atoms with Gasteiger partial charge < -0.3 is 10.1 Å². The molecule has 1 aromatic rings. The second-order valence-corrected chi connectivity index (χ2v) is 4.95. The van der Waals surface area contributed by atoms with Crippen molar-refractivity contribution in [2.75, 3.05) is 6.61 Å². The predicted molar refractivity (Wildman–Crippen MR) is 77.2 cm³/mol. The highest BCUT2D eigenvalue weighted by Gasteiger charge is 2.25. The lowest BCUT2D eigenvalue weighted by Crippen LogP contribution is -2.27. The summed E-state index contributed by atoms with van der Waals surface area (Å²) in [4.78, 5) is 23.1. The number of amides is 1. The number of esters is 1. The Morgan fingerprint density at radius 1 is 1.45 bits per heavy atom. The van der Waals surface area contributed by atoms with E-state index in [0.717, 1.165) is 11.1 Å². The van der Waals surface area contributed by atoms with Crippen molar-refractivity contribution < 1.29 is 14.3 Å². The molecule has 0 aliphatic carbocycles. The van der Waals surface area contributed by atoms with E-state index in [9.17, 15) is 9.59 Å². The third kappa shape index (κ3) is 3.61. The molecule has 1 unspecified atom stereocenters. The van der Waals surface area contributed by atoms with E-state index in [1.807, 2.05) is 12.1 Å². The highest BCUT2D eigenvalue weighted by molar-refractivity contribution is 6.30. The maximum absolute atomic E-state index is 11.7. The maximum atomic E-state index is 11.7. The SMILES string of the molecule is CCOC(=O)C=C(c1ccc(Cl)cc1)C1CCC(=O)N1. The topological polar surface area (TPSA) is 55.4 Å². The van der Waals surface area contributed by atoms with E-state index in [1.165, 1.54) is 6.08 Å². The van der Waals surface area contributed by atoms with Gasteiger partial charge >= 0.3 is 5.97 Å². The van der Waals surface area contributed by atoms with Crippen LogP contribution in [0.2, 0.25) is 5.02 Å². The van der Waals surface area contributed by atoms with Gasteiger partial charge in [0.1, 0.15) is 0 Å². The second kappa shape index (κ2) is 6.57. The highest BCUT2D eigenvalue weighted by Crippen LogP contribution is 2.26. The molecule has 1 fully saturated rings. The normalized spacial score (nSPS) is 18.8. The van der Waals surface area contributed by atoms with Gasteiger partial charge in [0.25, 0.3) is 0 Å². The standard InChI is InChI=1S/C15H16ClNO3/c1-2-20-15(19)9-12(13-7-8-14(18)17-13)10-3-5-11(16)6-4-10/h3-6,9,13H,2,7-8H2,1H3,(H,17,18). The van der Waals surface area contributed by atoms with Gasteiger partial charge in [-0.3, -0.25) is 4.79 Å². The van der Waals surface area contributed by atoms with Crippen LogP contribution in [-0.4, -0.2) is 24.5 Å². The van der Waals surface area contributed by atoms with Crippen LogP contribution in [0.4, 0.5) is 0 Å². The molecule has 1 aliphatic rings. The summed E-state index contributed by atoms with van der Waals surface area (Å²) in [6.07, 6.45) is 2.59. The smallest absolute Gasteiger partial charge is 0.331 e. The number of nitrogens with one attached hydrogen (secondary N) is 1. The number of halogens is 1. The molecule has 5 heteroatoms. The van der Waals surface area contributed by atoms with E-state index in [0.29, 0.717) is 24.5 Å². The summed E-state index contributed by atoms with van der Waals surface area (Å²) in [5, 5.41) is 3.49. The van der Waals surface area contributed by atoms with Gasteiger partial charge in [-0.15, -0.1) is 0 Å². The van der Waals surface area contributed by atoms with Gasteiger partial charge in [-0.05, 0) is 36.6 Å². The summed E-state index contributed by atoms with van der Waals surface area (Å²) < 4.78 is 4.95. The summed E-state index contributed by atoms with van der Waals surface area (Å²) in [5.41, 5.74) is 1.61. The van der Waals surface area contributed by atoms with Crippen molar-refractivity contribution in [2.45, 2.75) is 25.8 Å². The fraction of sp³-hybridized carbons (Fsp3) is 0.333. The Balaban J connectivity index is 2.30. The molecule has 0 spiro atoms. The highest BCUT2D eigenvalue weighted by atomic mass is 35.5. The van der Waals surface area contributed by atoms with Crippen molar-refractivity contribution in [2.24, 2.45) is 0 Å². The van der Waals surface area contributed by atoms with Gasteiger partial charge in [-0.2, -0.15) is 0 Å². The Kier molecular flexibility index (Phi) is 4.79. The van der Waals surface area contributed by atoms with Crippen molar-refractivity contribution in [3.63, 3.8) is 0 Å². The molecule has 1 N–H and O–H groups in total. The summed E-state index contributed by atoms with van der Waals surface area (Å²) >= 11 is 5.87. The molecular formula is C15H16ClNO3. The second-order valence-electron chi connectivity index (χ2n) is 4.52.